The third-order valence-electron chi connectivity index (χ3n) is 4.73. The summed E-state index contributed by atoms with van der Waals surface area (Å²) in [7, 11) is 0. The normalized spacial score (nSPS) is 21.3. The highest BCUT2D eigenvalue weighted by atomic mass is 16.5. The van der Waals surface area contributed by atoms with E-state index in [2.05, 4.69) is 17.6 Å². The molecule has 0 saturated heterocycles. The number of benzene rings is 2. The van der Waals surface area contributed by atoms with Crippen LogP contribution in [-0.2, 0) is 4.74 Å². The lowest BCUT2D eigenvalue weighted by Crippen LogP contribution is -2.48. The van der Waals surface area contributed by atoms with Crippen molar-refractivity contribution in [3.05, 3.63) is 54.1 Å². The topological polar surface area (TPSA) is 59.6 Å². The number of carbonyl (C=O) groups excluding carboxylic acids is 1. The highest BCUT2D eigenvalue weighted by Gasteiger charge is 2.32. The van der Waals surface area contributed by atoms with Gasteiger partial charge in [0.2, 0.25) is 0 Å². The van der Waals surface area contributed by atoms with Crippen LogP contribution in [0, 0.1) is 5.92 Å². The van der Waals surface area contributed by atoms with E-state index in [0.29, 0.717) is 18.8 Å². The van der Waals surface area contributed by atoms with E-state index in [9.17, 15) is 4.79 Å². The summed E-state index contributed by atoms with van der Waals surface area (Å²) in [5, 5.41) is 6.40. The van der Waals surface area contributed by atoms with Crippen LogP contribution in [0.15, 0.2) is 48.5 Å². The van der Waals surface area contributed by atoms with E-state index < -0.39 is 0 Å². The average Bonchev–Trinajstić information content (AvgIpc) is 3.46. The van der Waals surface area contributed by atoms with E-state index in [4.69, 9.17) is 9.47 Å². The van der Waals surface area contributed by atoms with E-state index >= 15 is 0 Å². The molecule has 2 N–H and O–H groups in total. The Morgan fingerprint density at radius 3 is 2.85 bits per heavy atom. The summed E-state index contributed by atoms with van der Waals surface area (Å²) in [5.41, 5.74) is 1.90. The molecule has 1 atom stereocenters. The average molecular weight is 352 g/mol. The molecular formula is C21H24N2O3. The Bertz CT molecular complexity index is 789. The van der Waals surface area contributed by atoms with Crippen LogP contribution in [0.1, 0.15) is 30.1 Å². The Hall–Kier alpha value is -2.53. The summed E-state index contributed by atoms with van der Waals surface area (Å²) in [6, 6.07) is 14.9. The van der Waals surface area contributed by atoms with Gasteiger partial charge in [0.05, 0.1) is 17.8 Å². The quantitative estimate of drug-likeness (QED) is 0.827. The van der Waals surface area contributed by atoms with Gasteiger partial charge in [-0.15, -0.1) is 0 Å². The maximum absolute atomic E-state index is 12.5. The van der Waals surface area contributed by atoms with Gasteiger partial charge in [0, 0.05) is 17.9 Å². The van der Waals surface area contributed by atoms with E-state index in [1.54, 1.807) is 6.07 Å². The lowest BCUT2D eigenvalue weighted by atomic mass is 10.0. The molecule has 136 valence electrons. The molecule has 2 aromatic rings. The van der Waals surface area contributed by atoms with Gasteiger partial charge in [0.1, 0.15) is 12.4 Å². The minimum absolute atomic E-state index is 0.141. The molecular weight excluding hydrogens is 328 g/mol. The van der Waals surface area contributed by atoms with Gasteiger partial charge < -0.3 is 20.1 Å². The molecule has 1 saturated carbocycles. The molecule has 4 rings (SSSR count). The molecule has 1 amide bonds. The van der Waals surface area contributed by atoms with Gasteiger partial charge in [-0.2, -0.15) is 0 Å². The summed E-state index contributed by atoms with van der Waals surface area (Å²) in [6.45, 7) is 4.03. The van der Waals surface area contributed by atoms with Crippen LogP contribution in [0.2, 0.25) is 0 Å². The molecule has 0 bridgehead atoms. The first-order chi connectivity index (χ1) is 12.6. The Morgan fingerprint density at radius 1 is 1.27 bits per heavy atom. The Labute approximate surface area is 153 Å². The third-order valence-corrected chi connectivity index (χ3v) is 4.73. The molecule has 2 aromatic carbocycles. The van der Waals surface area contributed by atoms with Crippen molar-refractivity contribution in [2.24, 2.45) is 5.92 Å². The number of rotatable bonds is 6. The zero-order valence-corrected chi connectivity index (χ0v) is 15.0. The van der Waals surface area contributed by atoms with Crippen molar-refractivity contribution in [3.63, 3.8) is 0 Å². The van der Waals surface area contributed by atoms with Crippen LogP contribution < -0.4 is 15.4 Å². The lowest BCUT2D eigenvalue weighted by molar-refractivity contribution is 0.0667. The predicted octanol–water partition coefficient (Wildman–Crippen LogP) is 3.93. The van der Waals surface area contributed by atoms with E-state index in [0.717, 1.165) is 29.6 Å². The zero-order chi connectivity index (χ0) is 18.0. The number of anilines is 2. The van der Waals surface area contributed by atoms with E-state index in [-0.39, 0.29) is 11.4 Å². The van der Waals surface area contributed by atoms with Gasteiger partial charge in [-0.1, -0.05) is 18.2 Å². The second kappa shape index (κ2) is 7.00. The monoisotopic (exact) mass is 352 g/mol. The molecule has 0 radical (unpaired) electrons. The second-order valence-electron chi connectivity index (χ2n) is 7.46. The number of hydrogen-bond donors (Lipinski definition) is 2. The van der Waals surface area contributed by atoms with Gasteiger partial charge in [-0.25, -0.2) is 0 Å². The number of nitrogens with one attached hydrogen (secondary N) is 2. The summed E-state index contributed by atoms with van der Waals surface area (Å²) in [5.74, 6) is 1.36. The first-order valence-electron chi connectivity index (χ1n) is 9.10. The predicted molar refractivity (Wildman–Crippen MR) is 102 cm³/mol. The van der Waals surface area contributed by atoms with Crippen molar-refractivity contribution >= 4 is 17.3 Å². The molecule has 0 aromatic heterocycles. The third kappa shape index (κ3) is 3.99. The minimum atomic E-state index is -0.295. The van der Waals surface area contributed by atoms with Gasteiger partial charge in [-0.3, -0.25) is 4.79 Å². The summed E-state index contributed by atoms with van der Waals surface area (Å²) in [6.07, 6.45) is 2.56. The maximum Gasteiger partial charge on any atom is 0.255 e. The van der Waals surface area contributed by atoms with Crippen LogP contribution in [0.25, 0.3) is 0 Å². The summed E-state index contributed by atoms with van der Waals surface area (Å²) >= 11 is 0. The number of hydrogen-bond acceptors (Lipinski definition) is 4. The first kappa shape index (κ1) is 16.9. The fraction of sp³-hybridized carbons (Fsp3) is 0.381. The fourth-order valence-corrected chi connectivity index (χ4v) is 3.03. The van der Waals surface area contributed by atoms with Crippen LogP contribution >= 0.6 is 0 Å². The largest absolute Gasteiger partial charge is 0.489 e. The number of amides is 1. The molecule has 0 spiro atoms. The van der Waals surface area contributed by atoms with Gasteiger partial charge >= 0.3 is 0 Å². The number of ether oxygens (including phenoxy) is 2. The van der Waals surface area contributed by atoms with Crippen molar-refractivity contribution in [1.29, 1.82) is 0 Å². The van der Waals surface area contributed by atoms with Gasteiger partial charge in [-0.05, 0) is 56.0 Å². The van der Waals surface area contributed by atoms with E-state index in [1.165, 1.54) is 12.8 Å². The van der Waals surface area contributed by atoms with Crippen molar-refractivity contribution in [2.75, 3.05) is 30.5 Å². The molecule has 1 fully saturated rings. The van der Waals surface area contributed by atoms with Crippen molar-refractivity contribution < 1.29 is 14.3 Å². The van der Waals surface area contributed by atoms with Crippen molar-refractivity contribution in [2.45, 2.75) is 25.3 Å². The molecule has 1 heterocycles. The standard InChI is InChI=1S/C21H24N2O3/c1-21(13-25-12-15-7-8-15)14-26-19-10-9-16(11-18(19)23-21)20(24)22-17-5-3-2-4-6-17/h2-6,9-11,15,23H,7-8,12-14H2,1H3,(H,22,24). The maximum atomic E-state index is 12.5. The summed E-state index contributed by atoms with van der Waals surface area (Å²) in [4.78, 5) is 12.5. The van der Waals surface area contributed by atoms with Crippen LogP contribution in [0.3, 0.4) is 0 Å². The zero-order valence-electron chi connectivity index (χ0n) is 15.0. The SMILES string of the molecule is CC1(COCC2CC2)COc2ccc(C(=O)Nc3ccccc3)cc2N1. The highest BCUT2D eigenvalue weighted by molar-refractivity contribution is 6.05. The Morgan fingerprint density at radius 2 is 2.08 bits per heavy atom. The molecule has 26 heavy (non-hydrogen) atoms. The lowest BCUT2D eigenvalue weighted by Gasteiger charge is -2.36. The van der Waals surface area contributed by atoms with Crippen molar-refractivity contribution in [3.8, 4) is 5.75 Å². The van der Waals surface area contributed by atoms with Crippen LogP contribution in [-0.4, -0.2) is 31.3 Å². The van der Waals surface area contributed by atoms with Gasteiger partial charge in [0.25, 0.3) is 5.91 Å². The number of carbonyl (C=O) groups is 1. The fourth-order valence-electron chi connectivity index (χ4n) is 3.03. The number of fused-ring (bicyclic) bond motifs is 1. The Balaban J connectivity index is 1.43. The van der Waals surface area contributed by atoms with Crippen molar-refractivity contribution in [1.82, 2.24) is 0 Å². The molecule has 5 heteroatoms. The van der Waals surface area contributed by atoms with Gasteiger partial charge in [0.15, 0.2) is 0 Å². The molecule has 1 unspecified atom stereocenters. The Kier molecular flexibility index (Phi) is 4.55. The smallest absolute Gasteiger partial charge is 0.255 e. The molecule has 1 aliphatic heterocycles. The molecule has 5 nitrogen and oxygen atoms in total. The van der Waals surface area contributed by atoms with Crippen LogP contribution in [0.5, 0.6) is 5.75 Å². The second-order valence-corrected chi connectivity index (χ2v) is 7.46. The van der Waals surface area contributed by atoms with Crippen LogP contribution in [0.4, 0.5) is 11.4 Å². The summed E-state index contributed by atoms with van der Waals surface area (Å²) < 4.78 is 11.7. The first-order valence-corrected chi connectivity index (χ1v) is 9.10. The number of para-hydroxylation sites is 1. The molecule has 2 aliphatic rings. The van der Waals surface area contributed by atoms with E-state index in [1.807, 2.05) is 42.5 Å². The minimum Gasteiger partial charge on any atom is -0.489 e. The molecule has 1 aliphatic carbocycles. The highest BCUT2D eigenvalue weighted by Crippen LogP contribution is 2.34.